The van der Waals surface area contributed by atoms with Gasteiger partial charge in [0.15, 0.2) is 0 Å². The molecule has 1 aliphatic rings. The summed E-state index contributed by atoms with van der Waals surface area (Å²) in [5.74, 6) is -0.169. The molecule has 0 bridgehead atoms. The molecule has 7 heteroatoms. The second kappa shape index (κ2) is 8.26. The number of rotatable bonds is 8. The van der Waals surface area contributed by atoms with Crippen LogP contribution in [0.1, 0.15) is 5.69 Å². The molecule has 134 valence electrons. The summed E-state index contributed by atoms with van der Waals surface area (Å²) in [4.78, 5) is 29.0. The molecule has 2 heterocycles. The fourth-order valence-corrected chi connectivity index (χ4v) is 2.52. The summed E-state index contributed by atoms with van der Waals surface area (Å²) in [5.41, 5.74) is 1.82. The van der Waals surface area contributed by atoms with Gasteiger partial charge < -0.3 is 15.2 Å². The number of imide groups is 1. The van der Waals surface area contributed by atoms with Gasteiger partial charge in [-0.2, -0.15) is 0 Å². The number of carbonyl (C=O) groups is 2. The Morgan fingerprint density at radius 3 is 2.62 bits per heavy atom. The third-order valence-corrected chi connectivity index (χ3v) is 3.82. The van der Waals surface area contributed by atoms with E-state index in [0.717, 1.165) is 10.6 Å². The van der Waals surface area contributed by atoms with E-state index in [1.165, 1.54) is 6.08 Å². The molecular weight excluding hydrogens is 334 g/mol. The number of aromatic nitrogens is 1. The second-order valence-corrected chi connectivity index (χ2v) is 5.65. The highest BCUT2D eigenvalue weighted by Crippen LogP contribution is 2.20. The molecule has 1 aliphatic heterocycles. The van der Waals surface area contributed by atoms with Crippen LogP contribution in [0.2, 0.25) is 0 Å². The van der Waals surface area contributed by atoms with Crippen molar-refractivity contribution < 1.29 is 19.4 Å². The molecule has 2 amide bonds. The molecule has 7 nitrogen and oxygen atoms in total. The highest BCUT2D eigenvalue weighted by Gasteiger charge is 2.30. The van der Waals surface area contributed by atoms with E-state index < -0.39 is 11.8 Å². The molecule has 1 aromatic carbocycles. The molecule has 0 radical (unpaired) electrons. The molecule has 0 fully saturated rings. The molecule has 26 heavy (non-hydrogen) atoms. The van der Waals surface area contributed by atoms with E-state index in [4.69, 9.17) is 9.84 Å². The topological polar surface area (TPSA) is 91.8 Å². The monoisotopic (exact) mass is 353 g/mol. The molecule has 2 N–H and O–H groups in total. The van der Waals surface area contributed by atoms with Gasteiger partial charge in [0.2, 0.25) is 0 Å². The molecule has 0 unspecified atom stereocenters. The SMILES string of the molecule is O=C1C=C(Nc2ccc(OCCc3ccccn3)cc2)C(=O)N1CCO. The Balaban J connectivity index is 1.52. The van der Waals surface area contributed by atoms with Crippen molar-refractivity contribution in [1.82, 2.24) is 9.88 Å². The van der Waals surface area contributed by atoms with E-state index in [0.29, 0.717) is 24.5 Å². The zero-order valence-corrected chi connectivity index (χ0v) is 14.1. The van der Waals surface area contributed by atoms with Gasteiger partial charge in [-0.3, -0.25) is 19.5 Å². The fourth-order valence-electron chi connectivity index (χ4n) is 2.52. The predicted molar refractivity (Wildman–Crippen MR) is 95.4 cm³/mol. The number of hydrogen-bond donors (Lipinski definition) is 2. The van der Waals surface area contributed by atoms with Gasteiger partial charge in [-0.15, -0.1) is 0 Å². The lowest BCUT2D eigenvalue weighted by molar-refractivity contribution is -0.137. The van der Waals surface area contributed by atoms with E-state index in [1.807, 2.05) is 18.2 Å². The van der Waals surface area contributed by atoms with Crippen molar-refractivity contribution in [3.63, 3.8) is 0 Å². The quantitative estimate of drug-likeness (QED) is 0.696. The Bertz CT molecular complexity index is 803. The second-order valence-electron chi connectivity index (χ2n) is 5.65. The molecule has 0 spiro atoms. The Kier molecular flexibility index (Phi) is 5.60. The maximum atomic E-state index is 12.1. The minimum absolute atomic E-state index is 0.0115. The van der Waals surface area contributed by atoms with Crippen LogP contribution in [0.25, 0.3) is 0 Å². The van der Waals surface area contributed by atoms with Crippen LogP contribution in [-0.4, -0.2) is 46.6 Å². The fraction of sp³-hybridized carbons (Fsp3) is 0.211. The van der Waals surface area contributed by atoms with Crippen LogP contribution in [0, 0.1) is 0 Å². The van der Waals surface area contributed by atoms with Gasteiger partial charge in [0.1, 0.15) is 11.4 Å². The third-order valence-electron chi connectivity index (χ3n) is 3.82. The molecule has 0 aliphatic carbocycles. The van der Waals surface area contributed by atoms with Crippen molar-refractivity contribution in [2.24, 2.45) is 0 Å². The van der Waals surface area contributed by atoms with Gasteiger partial charge in [-0.25, -0.2) is 0 Å². The van der Waals surface area contributed by atoms with E-state index >= 15 is 0 Å². The first-order chi connectivity index (χ1) is 12.7. The Labute approximate surface area is 150 Å². The van der Waals surface area contributed by atoms with Crippen molar-refractivity contribution >= 4 is 17.5 Å². The molecule has 3 rings (SSSR count). The number of amides is 2. The van der Waals surface area contributed by atoms with E-state index in [2.05, 4.69) is 10.3 Å². The van der Waals surface area contributed by atoms with E-state index in [9.17, 15) is 9.59 Å². The van der Waals surface area contributed by atoms with Crippen LogP contribution >= 0.6 is 0 Å². The average Bonchev–Trinajstić information content (AvgIpc) is 2.92. The summed E-state index contributed by atoms with van der Waals surface area (Å²) >= 11 is 0. The number of nitrogens with zero attached hydrogens (tertiary/aromatic N) is 2. The van der Waals surface area contributed by atoms with Crippen LogP contribution in [-0.2, 0) is 16.0 Å². The largest absolute Gasteiger partial charge is 0.493 e. The van der Waals surface area contributed by atoms with Crippen LogP contribution in [0.5, 0.6) is 5.75 Å². The first kappa shape index (κ1) is 17.6. The molecule has 0 saturated carbocycles. The molecular formula is C19H19N3O4. The number of benzene rings is 1. The average molecular weight is 353 g/mol. The number of aliphatic hydroxyl groups is 1. The highest BCUT2D eigenvalue weighted by molar-refractivity contribution is 6.17. The van der Waals surface area contributed by atoms with Crippen molar-refractivity contribution in [2.75, 3.05) is 25.1 Å². The summed E-state index contributed by atoms with van der Waals surface area (Å²) in [6.45, 7) is 0.240. The Morgan fingerprint density at radius 2 is 1.92 bits per heavy atom. The van der Waals surface area contributed by atoms with Gasteiger partial charge >= 0.3 is 0 Å². The number of carbonyl (C=O) groups excluding carboxylic acids is 2. The standard InChI is InChI=1S/C19H19N3O4/c23-11-10-22-18(24)13-17(19(22)25)21-15-4-6-16(7-5-15)26-12-8-14-3-1-2-9-20-14/h1-7,9,13,21,23H,8,10-12H2. The van der Waals surface area contributed by atoms with Crippen molar-refractivity contribution in [2.45, 2.75) is 6.42 Å². The Morgan fingerprint density at radius 1 is 1.12 bits per heavy atom. The highest BCUT2D eigenvalue weighted by atomic mass is 16.5. The number of ether oxygens (including phenoxy) is 1. The van der Waals surface area contributed by atoms with Crippen LogP contribution in [0.3, 0.4) is 0 Å². The third kappa shape index (κ3) is 4.25. The van der Waals surface area contributed by atoms with Crippen LogP contribution < -0.4 is 10.1 Å². The summed E-state index contributed by atoms with van der Waals surface area (Å²) in [6.07, 6.45) is 3.70. The van der Waals surface area contributed by atoms with Crippen molar-refractivity contribution in [1.29, 1.82) is 0 Å². The summed E-state index contributed by atoms with van der Waals surface area (Å²) in [5, 5.41) is 11.8. The van der Waals surface area contributed by atoms with Gasteiger partial charge in [0.05, 0.1) is 19.8 Å². The molecule has 1 aromatic heterocycles. The first-order valence-electron chi connectivity index (χ1n) is 8.25. The summed E-state index contributed by atoms with van der Waals surface area (Å²) in [7, 11) is 0. The van der Waals surface area contributed by atoms with Crippen molar-refractivity contribution in [3.05, 3.63) is 66.1 Å². The lowest BCUT2D eigenvalue weighted by Gasteiger charge is -2.13. The number of β-amino-alcohol motifs (C(OH)–C–C–N with tert-alkyl or cyclic N) is 1. The Hall–Kier alpha value is -3.19. The summed E-state index contributed by atoms with van der Waals surface area (Å²) in [6, 6.07) is 12.9. The van der Waals surface area contributed by atoms with Crippen molar-refractivity contribution in [3.8, 4) is 5.75 Å². The molecule has 2 aromatic rings. The predicted octanol–water partition coefficient (Wildman–Crippen LogP) is 1.36. The lowest BCUT2D eigenvalue weighted by Crippen LogP contribution is -2.34. The smallest absolute Gasteiger partial charge is 0.277 e. The maximum absolute atomic E-state index is 12.1. The van der Waals surface area contributed by atoms with E-state index in [-0.39, 0.29) is 18.8 Å². The van der Waals surface area contributed by atoms with E-state index in [1.54, 1.807) is 30.5 Å². The normalized spacial score (nSPS) is 13.7. The van der Waals surface area contributed by atoms with Gasteiger partial charge in [-0.1, -0.05) is 6.07 Å². The van der Waals surface area contributed by atoms with Gasteiger partial charge in [0, 0.05) is 30.1 Å². The minimum Gasteiger partial charge on any atom is -0.493 e. The van der Waals surface area contributed by atoms with Crippen LogP contribution in [0.15, 0.2) is 60.4 Å². The molecule has 0 saturated heterocycles. The minimum atomic E-state index is -0.445. The van der Waals surface area contributed by atoms with Gasteiger partial charge in [-0.05, 0) is 36.4 Å². The number of nitrogens with one attached hydrogen (secondary N) is 1. The number of anilines is 1. The lowest BCUT2D eigenvalue weighted by atomic mass is 10.2. The maximum Gasteiger partial charge on any atom is 0.277 e. The first-order valence-corrected chi connectivity index (χ1v) is 8.25. The molecule has 0 atom stereocenters. The zero-order chi connectivity index (χ0) is 18.4. The number of aliphatic hydroxyl groups excluding tert-OH is 1. The zero-order valence-electron chi connectivity index (χ0n) is 14.1. The number of hydrogen-bond acceptors (Lipinski definition) is 6. The van der Waals surface area contributed by atoms with Gasteiger partial charge in [0.25, 0.3) is 11.8 Å². The number of pyridine rings is 1. The summed E-state index contributed by atoms with van der Waals surface area (Å²) < 4.78 is 5.68. The van der Waals surface area contributed by atoms with Crippen LogP contribution in [0.4, 0.5) is 5.69 Å².